The lowest BCUT2D eigenvalue weighted by Gasteiger charge is -2.23. The lowest BCUT2D eigenvalue weighted by Crippen LogP contribution is -2.42. The van der Waals surface area contributed by atoms with E-state index in [2.05, 4.69) is 15.6 Å². The lowest BCUT2D eigenvalue weighted by atomic mass is 10.0. The number of carbonyl (C=O) groups excluding carboxylic acids is 1. The van der Waals surface area contributed by atoms with Crippen LogP contribution in [0.4, 0.5) is 0 Å². The SMILES string of the molecule is O=C(NC1CCNCC1)c1cc(Cl)cc2cccnc12. The van der Waals surface area contributed by atoms with Crippen LogP contribution in [0, 0.1) is 0 Å². The van der Waals surface area contributed by atoms with Crippen LogP contribution in [0.2, 0.25) is 5.02 Å². The molecular formula is C15H16ClN3O. The number of pyridine rings is 1. The highest BCUT2D eigenvalue weighted by atomic mass is 35.5. The van der Waals surface area contributed by atoms with E-state index < -0.39 is 0 Å². The summed E-state index contributed by atoms with van der Waals surface area (Å²) in [5.74, 6) is -0.0944. The first-order valence-corrected chi connectivity index (χ1v) is 7.18. The predicted octanol–water partition coefficient (Wildman–Crippen LogP) is 2.37. The zero-order valence-corrected chi connectivity index (χ0v) is 11.8. The van der Waals surface area contributed by atoms with Crippen LogP contribution >= 0.6 is 11.6 Å². The molecule has 1 aliphatic rings. The Hall–Kier alpha value is -1.65. The van der Waals surface area contributed by atoms with Crippen molar-refractivity contribution in [1.82, 2.24) is 15.6 Å². The molecule has 0 unspecified atom stereocenters. The Morgan fingerprint density at radius 2 is 2.15 bits per heavy atom. The van der Waals surface area contributed by atoms with Crippen LogP contribution in [-0.4, -0.2) is 30.0 Å². The quantitative estimate of drug-likeness (QED) is 0.892. The molecule has 0 aliphatic carbocycles. The summed E-state index contributed by atoms with van der Waals surface area (Å²) in [7, 11) is 0. The fourth-order valence-electron chi connectivity index (χ4n) is 2.56. The average molecular weight is 290 g/mol. The molecule has 2 N–H and O–H groups in total. The fourth-order valence-corrected chi connectivity index (χ4v) is 2.78. The van der Waals surface area contributed by atoms with Crippen molar-refractivity contribution in [2.75, 3.05) is 13.1 Å². The van der Waals surface area contributed by atoms with Crippen molar-refractivity contribution in [1.29, 1.82) is 0 Å². The van der Waals surface area contributed by atoms with Gasteiger partial charge < -0.3 is 10.6 Å². The molecule has 5 heteroatoms. The van der Waals surface area contributed by atoms with Crippen molar-refractivity contribution in [3.8, 4) is 0 Å². The minimum absolute atomic E-state index is 0.0944. The van der Waals surface area contributed by atoms with Gasteiger partial charge in [-0.25, -0.2) is 0 Å². The molecule has 1 saturated heterocycles. The number of amides is 1. The summed E-state index contributed by atoms with van der Waals surface area (Å²) in [4.78, 5) is 16.8. The molecule has 1 aromatic carbocycles. The van der Waals surface area contributed by atoms with Crippen molar-refractivity contribution >= 4 is 28.4 Å². The second kappa shape index (κ2) is 5.77. The molecule has 0 radical (unpaired) electrons. The van der Waals surface area contributed by atoms with Crippen molar-refractivity contribution in [3.63, 3.8) is 0 Å². The fraction of sp³-hybridized carbons (Fsp3) is 0.333. The monoisotopic (exact) mass is 289 g/mol. The number of hydrogen-bond donors (Lipinski definition) is 2. The third-order valence-electron chi connectivity index (χ3n) is 3.59. The van der Waals surface area contributed by atoms with Gasteiger partial charge in [0.2, 0.25) is 0 Å². The zero-order chi connectivity index (χ0) is 13.9. The van der Waals surface area contributed by atoms with E-state index >= 15 is 0 Å². The van der Waals surface area contributed by atoms with E-state index in [4.69, 9.17) is 11.6 Å². The molecule has 1 aromatic heterocycles. The summed E-state index contributed by atoms with van der Waals surface area (Å²) in [6.07, 6.45) is 3.60. The summed E-state index contributed by atoms with van der Waals surface area (Å²) in [5.41, 5.74) is 1.25. The Bertz CT molecular complexity index is 638. The number of aromatic nitrogens is 1. The van der Waals surface area contributed by atoms with Crippen LogP contribution in [0.1, 0.15) is 23.2 Å². The first kappa shape index (κ1) is 13.3. The van der Waals surface area contributed by atoms with Gasteiger partial charge in [-0.05, 0) is 44.1 Å². The molecule has 0 atom stereocenters. The molecule has 1 amide bonds. The maximum Gasteiger partial charge on any atom is 0.253 e. The van der Waals surface area contributed by atoms with E-state index in [-0.39, 0.29) is 11.9 Å². The van der Waals surface area contributed by atoms with Gasteiger partial charge in [0.1, 0.15) is 0 Å². The second-order valence-electron chi connectivity index (χ2n) is 5.03. The number of nitrogens with one attached hydrogen (secondary N) is 2. The Morgan fingerprint density at radius 3 is 2.95 bits per heavy atom. The normalized spacial score (nSPS) is 16.2. The topological polar surface area (TPSA) is 54.0 Å². The number of halogens is 1. The van der Waals surface area contributed by atoms with Gasteiger partial charge in [-0.1, -0.05) is 17.7 Å². The van der Waals surface area contributed by atoms with Gasteiger partial charge in [0, 0.05) is 22.6 Å². The molecule has 0 spiro atoms. The smallest absolute Gasteiger partial charge is 0.253 e. The molecule has 20 heavy (non-hydrogen) atoms. The van der Waals surface area contributed by atoms with Crippen LogP contribution in [0.5, 0.6) is 0 Å². The standard InChI is InChI=1S/C15H16ClN3O/c16-11-8-10-2-1-5-18-14(10)13(9-11)15(20)19-12-3-6-17-7-4-12/h1-2,5,8-9,12,17H,3-4,6-7H2,(H,19,20). The average Bonchev–Trinajstić information content (AvgIpc) is 2.47. The molecule has 2 aromatic rings. The van der Waals surface area contributed by atoms with Gasteiger partial charge >= 0.3 is 0 Å². The van der Waals surface area contributed by atoms with Crippen molar-refractivity contribution in [3.05, 3.63) is 41.0 Å². The van der Waals surface area contributed by atoms with Gasteiger partial charge in [0.25, 0.3) is 5.91 Å². The van der Waals surface area contributed by atoms with E-state index in [0.29, 0.717) is 16.1 Å². The van der Waals surface area contributed by atoms with Gasteiger partial charge in [0.05, 0.1) is 11.1 Å². The van der Waals surface area contributed by atoms with Crippen molar-refractivity contribution in [2.45, 2.75) is 18.9 Å². The number of piperidine rings is 1. The van der Waals surface area contributed by atoms with Crippen LogP contribution in [0.3, 0.4) is 0 Å². The molecule has 0 saturated carbocycles. The Labute approximate surface area is 122 Å². The van der Waals surface area contributed by atoms with E-state index in [1.54, 1.807) is 12.3 Å². The Morgan fingerprint density at radius 1 is 1.35 bits per heavy atom. The maximum atomic E-state index is 12.4. The van der Waals surface area contributed by atoms with Gasteiger partial charge in [-0.15, -0.1) is 0 Å². The minimum atomic E-state index is -0.0944. The minimum Gasteiger partial charge on any atom is -0.349 e. The highest BCUT2D eigenvalue weighted by Gasteiger charge is 2.18. The van der Waals surface area contributed by atoms with Crippen LogP contribution < -0.4 is 10.6 Å². The van der Waals surface area contributed by atoms with Gasteiger partial charge in [-0.3, -0.25) is 9.78 Å². The Balaban J connectivity index is 1.90. The van der Waals surface area contributed by atoms with E-state index in [9.17, 15) is 4.79 Å². The van der Waals surface area contributed by atoms with Crippen molar-refractivity contribution in [2.24, 2.45) is 0 Å². The van der Waals surface area contributed by atoms with Crippen LogP contribution in [0.15, 0.2) is 30.5 Å². The van der Waals surface area contributed by atoms with Crippen LogP contribution in [-0.2, 0) is 0 Å². The number of fused-ring (bicyclic) bond motifs is 1. The summed E-state index contributed by atoms with van der Waals surface area (Å²) in [6.45, 7) is 1.89. The predicted molar refractivity (Wildman–Crippen MR) is 80.1 cm³/mol. The van der Waals surface area contributed by atoms with Gasteiger partial charge in [0.15, 0.2) is 0 Å². The molecular weight excluding hydrogens is 274 g/mol. The van der Waals surface area contributed by atoms with Crippen molar-refractivity contribution < 1.29 is 4.79 Å². The third-order valence-corrected chi connectivity index (χ3v) is 3.81. The van der Waals surface area contributed by atoms with Crippen LogP contribution in [0.25, 0.3) is 10.9 Å². The highest BCUT2D eigenvalue weighted by Crippen LogP contribution is 2.22. The largest absolute Gasteiger partial charge is 0.349 e. The molecule has 0 bridgehead atoms. The summed E-state index contributed by atoms with van der Waals surface area (Å²) in [6, 6.07) is 7.49. The highest BCUT2D eigenvalue weighted by molar-refractivity contribution is 6.32. The Kier molecular flexibility index (Phi) is 3.85. The lowest BCUT2D eigenvalue weighted by molar-refractivity contribution is 0.0931. The number of nitrogens with zero attached hydrogens (tertiary/aromatic N) is 1. The molecule has 3 rings (SSSR count). The molecule has 1 fully saturated rings. The summed E-state index contributed by atoms with van der Waals surface area (Å²) in [5, 5.41) is 7.80. The molecule has 2 heterocycles. The number of benzene rings is 1. The van der Waals surface area contributed by atoms with E-state index in [0.717, 1.165) is 31.3 Å². The number of rotatable bonds is 2. The molecule has 4 nitrogen and oxygen atoms in total. The van der Waals surface area contributed by atoms with E-state index in [1.165, 1.54) is 0 Å². The first-order chi connectivity index (χ1) is 9.74. The zero-order valence-electron chi connectivity index (χ0n) is 11.0. The second-order valence-corrected chi connectivity index (χ2v) is 5.46. The summed E-state index contributed by atoms with van der Waals surface area (Å²) < 4.78 is 0. The molecule has 104 valence electrons. The number of carbonyl (C=O) groups is 1. The molecule has 1 aliphatic heterocycles. The van der Waals surface area contributed by atoms with Gasteiger partial charge in [-0.2, -0.15) is 0 Å². The van der Waals surface area contributed by atoms with E-state index in [1.807, 2.05) is 18.2 Å². The third kappa shape index (κ3) is 2.76. The summed E-state index contributed by atoms with van der Waals surface area (Å²) >= 11 is 6.09. The maximum absolute atomic E-state index is 12.4. The number of hydrogen-bond acceptors (Lipinski definition) is 3. The first-order valence-electron chi connectivity index (χ1n) is 6.80.